The van der Waals surface area contributed by atoms with Crippen molar-refractivity contribution >= 4 is 62.5 Å². The maximum atomic E-state index is 12.9. The van der Waals surface area contributed by atoms with Crippen molar-refractivity contribution < 1.29 is 14.0 Å². The van der Waals surface area contributed by atoms with Crippen LogP contribution in [0.4, 0.5) is 0 Å². The number of rotatable bonds is 3. The Morgan fingerprint density at radius 3 is 2.54 bits per heavy atom. The minimum Gasteiger partial charge on any atom is -0.465 e. The zero-order chi connectivity index (χ0) is 19.7. The Labute approximate surface area is 175 Å². The van der Waals surface area contributed by atoms with E-state index in [-0.39, 0.29) is 11.8 Å². The van der Waals surface area contributed by atoms with Crippen LogP contribution in [0.25, 0.3) is 16.2 Å². The second-order valence-corrected chi connectivity index (χ2v) is 8.22. The Morgan fingerprint density at radius 1 is 1.07 bits per heavy atom. The zero-order valence-electron chi connectivity index (χ0n) is 14.7. The molecule has 1 fully saturated rings. The smallest absolute Gasteiger partial charge is 0.265 e. The summed E-state index contributed by atoms with van der Waals surface area (Å²) < 4.78 is 6.07. The number of hydrogen-bond donors (Lipinski definition) is 0. The van der Waals surface area contributed by atoms with Crippen molar-refractivity contribution in [3.63, 3.8) is 0 Å². The average Bonchev–Trinajstić information content (AvgIpc) is 3.33. The van der Waals surface area contributed by atoms with E-state index in [1.807, 2.05) is 12.1 Å². The highest BCUT2D eigenvalue weighted by atomic mass is 35.5. The zero-order valence-corrected chi connectivity index (χ0v) is 17.1. The molecule has 0 aliphatic carbocycles. The molecule has 0 N–H and O–H groups in total. The van der Waals surface area contributed by atoms with Crippen molar-refractivity contribution in [3.8, 4) is 0 Å². The van der Waals surface area contributed by atoms with E-state index in [9.17, 15) is 9.59 Å². The van der Waals surface area contributed by atoms with Gasteiger partial charge in [0.15, 0.2) is 0 Å². The first-order valence-electron chi connectivity index (χ1n) is 8.70. The monoisotopic (exact) mass is 434 g/mol. The standard InChI is InChI=1S/C20H16Cl2N2O3S/c21-13-3-5-15-16(12-13)28-19(18(15)22)20(26)24-9-7-23(8-10-24)17(25)6-4-14-2-1-11-27-14/h1-6,11-12H,7-10H2. The molecule has 0 unspecified atom stereocenters. The van der Waals surface area contributed by atoms with E-state index in [0.717, 1.165) is 10.1 Å². The molecule has 3 heterocycles. The molecule has 1 aliphatic rings. The predicted octanol–water partition coefficient (Wildman–Crippen LogP) is 4.80. The second-order valence-electron chi connectivity index (χ2n) is 6.35. The van der Waals surface area contributed by atoms with E-state index in [4.69, 9.17) is 27.6 Å². The van der Waals surface area contributed by atoms with Crippen molar-refractivity contribution in [2.24, 2.45) is 0 Å². The molecule has 1 aromatic carbocycles. The van der Waals surface area contributed by atoms with Crippen LogP contribution in [-0.2, 0) is 4.79 Å². The van der Waals surface area contributed by atoms with Crippen molar-refractivity contribution in [3.05, 3.63) is 63.4 Å². The summed E-state index contributed by atoms with van der Waals surface area (Å²) in [7, 11) is 0. The highest BCUT2D eigenvalue weighted by Gasteiger charge is 2.27. The van der Waals surface area contributed by atoms with Gasteiger partial charge in [0.05, 0.1) is 11.3 Å². The lowest BCUT2D eigenvalue weighted by molar-refractivity contribution is -0.127. The number of thiophene rings is 1. The summed E-state index contributed by atoms with van der Waals surface area (Å²) in [5, 5.41) is 1.90. The minimum atomic E-state index is -0.111. The first-order chi connectivity index (χ1) is 13.5. The van der Waals surface area contributed by atoms with Gasteiger partial charge in [-0.05, 0) is 30.3 Å². The third kappa shape index (κ3) is 3.81. The van der Waals surface area contributed by atoms with E-state index in [0.29, 0.717) is 46.9 Å². The number of furan rings is 1. The van der Waals surface area contributed by atoms with Crippen LogP contribution in [0.15, 0.2) is 47.1 Å². The lowest BCUT2D eigenvalue weighted by atomic mass is 10.2. The molecule has 2 amide bonds. The van der Waals surface area contributed by atoms with E-state index < -0.39 is 0 Å². The summed E-state index contributed by atoms with van der Waals surface area (Å²) in [5.74, 6) is 0.417. The van der Waals surface area contributed by atoms with Crippen LogP contribution >= 0.6 is 34.5 Å². The molecular formula is C20H16Cl2N2O3S. The number of nitrogens with zero attached hydrogens (tertiary/aromatic N) is 2. The molecule has 144 valence electrons. The van der Waals surface area contributed by atoms with E-state index in [2.05, 4.69) is 0 Å². The Bertz CT molecular complexity index is 1050. The third-order valence-electron chi connectivity index (χ3n) is 4.60. The molecular weight excluding hydrogens is 419 g/mol. The van der Waals surface area contributed by atoms with Crippen LogP contribution in [0, 0.1) is 0 Å². The molecule has 0 spiro atoms. The van der Waals surface area contributed by atoms with E-state index in [1.165, 1.54) is 17.4 Å². The number of amides is 2. The van der Waals surface area contributed by atoms with Gasteiger partial charge >= 0.3 is 0 Å². The van der Waals surface area contributed by atoms with Gasteiger partial charge in [-0.2, -0.15) is 0 Å². The number of carbonyl (C=O) groups is 2. The average molecular weight is 435 g/mol. The van der Waals surface area contributed by atoms with Gasteiger partial charge in [0.2, 0.25) is 5.91 Å². The molecule has 4 rings (SSSR count). The lowest BCUT2D eigenvalue weighted by Gasteiger charge is -2.34. The van der Waals surface area contributed by atoms with E-state index in [1.54, 1.807) is 40.3 Å². The Balaban J connectivity index is 1.41. The minimum absolute atomic E-state index is 0.0990. The van der Waals surface area contributed by atoms with Crippen molar-refractivity contribution in [1.82, 2.24) is 9.80 Å². The molecule has 0 saturated carbocycles. The molecule has 3 aromatic rings. The molecule has 28 heavy (non-hydrogen) atoms. The van der Waals surface area contributed by atoms with Crippen LogP contribution < -0.4 is 0 Å². The van der Waals surface area contributed by atoms with E-state index >= 15 is 0 Å². The SMILES string of the molecule is O=C(C=Cc1ccco1)N1CCN(C(=O)c2sc3cc(Cl)ccc3c2Cl)CC1. The molecule has 2 aromatic heterocycles. The maximum absolute atomic E-state index is 12.9. The molecule has 1 saturated heterocycles. The summed E-state index contributed by atoms with van der Waals surface area (Å²) in [6.45, 7) is 1.87. The molecule has 0 radical (unpaired) electrons. The fraction of sp³-hybridized carbons (Fsp3) is 0.200. The third-order valence-corrected chi connectivity index (χ3v) is 6.48. The van der Waals surface area contributed by atoms with Crippen LogP contribution in [0.5, 0.6) is 0 Å². The summed E-state index contributed by atoms with van der Waals surface area (Å²) in [4.78, 5) is 29.2. The van der Waals surface area contributed by atoms with Crippen molar-refractivity contribution in [1.29, 1.82) is 0 Å². The molecule has 8 heteroatoms. The predicted molar refractivity (Wildman–Crippen MR) is 112 cm³/mol. The van der Waals surface area contributed by atoms with Gasteiger partial charge in [0.1, 0.15) is 10.6 Å². The fourth-order valence-electron chi connectivity index (χ4n) is 3.10. The highest BCUT2D eigenvalue weighted by Crippen LogP contribution is 2.37. The summed E-state index contributed by atoms with van der Waals surface area (Å²) in [5.41, 5.74) is 0. The number of fused-ring (bicyclic) bond motifs is 1. The number of benzene rings is 1. The van der Waals surface area contributed by atoms with Gasteiger partial charge in [-0.15, -0.1) is 11.3 Å². The topological polar surface area (TPSA) is 53.8 Å². The molecule has 1 aliphatic heterocycles. The van der Waals surface area contributed by atoms with Crippen LogP contribution in [-0.4, -0.2) is 47.8 Å². The number of piperazine rings is 1. The van der Waals surface area contributed by atoms with Crippen LogP contribution in [0.3, 0.4) is 0 Å². The number of carbonyl (C=O) groups excluding carboxylic acids is 2. The van der Waals surface area contributed by atoms with Crippen LogP contribution in [0.2, 0.25) is 10.0 Å². The quantitative estimate of drug-likeness (QED) is 0.556. The Morgan fingerprint density at radius 2 is 1.82 bits per heavy atom. The van der Waals surface area contributed by atoms with Gasteiger partial charge in [0.25, 0.3) is 5.91 Å². The van der Waals surface area contributed by atoms with Gasteiger partial charge in [-0.25, -0.2) is 0 Å². The first-order valence-corrected chi connectivity index (χ1v) is 10.3. The number of halogens is 2. The fourth-order valence-corrected chi connectivity index (χ4v) is 4.85. The Kier molecular flexibility index (Phi) is 5.44. The first kappa shape index (κ1) is 19.1. The highest BCUT2D eigenvalue weighted by molar-refractivity contribution is 7.21. The summed E-state index contributed by atoms with van der Waals surface area (Å²) in [6.07, 6.45) is 4.69. The van der Waals surface area contributed by atoms with Gasteiger partial charge < -0.3 is 14.2 Å². The van der Waals surface area contributed by atoms with Crippen LogP contribution in [0.1, 0.15) is 15.4 Å². The van der Waals surface area contributed by atoms with Gasteiger partial charge in [-0.1, -0.05) is 29.3 Å². The molecule has 0 atom stereocenters. The molecule has 5 nitrogen and oxygen atoms in total. The van der Waals surface area contributed by atoms with Crippen molar-refractivity contribution in [2.75, 3.05) is 26.2 Å². The summed E-state index contributed by atoms with van der Waals surface area (Å²) in [6, 6.07) is 8.95. The number of hydrogen-bond acceptors (Lipinski definition) is 4. The second kappa shape index (κ2) is 7.99. The summed E-state index contributed by atoms with van der Waals surface area (Å²) >= 11 is 13.8. The van der Waals surface area contributed by atoms with Gasteiger partial charge in [-0.3, -0.25) is 9.59 Å². The largest absolute Gasteiger partial charge is 0.465 e. The Hall–Kier alpha value is -2.28. The normalized spacial score (nSPS) is 14.9. The lowest BCUT2D eigenvalue weighted by Crippen LogP contribution is -2.50. The maximum Gasteiger partial charge on any atom is 0.265 e. The van der Waals surface area contributed by atoms with Gasteiger partial charge in [0, 0.05) is 47.4 Å². The van der Waals surface area contributed by atoms with Crippen molar-refractivity contribution in [2.45, 2.75) is 0 Å². The molecule has 0 bridgehead atoms.